The second-order valence-electron chi connectivity index (χ2n) is 8.16. The molecule has 0 spiro atoms. The molecule has 3 heterocycles. The van der Waals surface area contributed by atoms with E-state index in [0.29, 0.717) is 5.92 Å². The van der Waals surface area contributed by atoms with Gasteiger partial charge in [-0.05, 0) is 43.9 Å². The van der Waals surface area contributed by atoms with Crippen LogP contribution in [0.3, 0.4) is 0 Å². The summed E-state index contributed by atoms with van der Waals surface area (Å²) in [6, 6.07) is 6.01. The molecule has 0 unspecified atom stereocenters. The number of aldehydes is 1. The van der Waals surface area contributed by atoms with Crippen molar-refractivity contribution >= 4 is 33.0 Å². The van der Waals surface area contributed by atoms with Crippen molar-refractivity contribution in [2.45, 2.75) is 58.0 Å². The number of aromatic nitrogens is 3. The lowest BCUT2D eigenvalue weighted by molar-refractivity contribution is -0.111. The highest BCUT2D eigenvalue weighted by Gasteiger charge is 2.18. The summed E-state index contributed by atoms with van der Waals surface area (Å²) in [6.45, 7) is 1.91. The van der Waals surface area contributed by atoms with Crippen molar-refractivity contribution in [1.29, 1.82) is 0 Å². The first-order chi connectivity index (χ1) is 14.7. The van der Waals surface area contributed by atoms with Gasteiger partial charge in [-0.2, -0.15) is 5.10 Å². The average Bonchev–Trinajstić information content (AvgIpc) is 3.51. The van der Waals surface area contributed by atoms with Crippen LogP contribution in [0.5, 0.6) is 5.75 Å². The summed E-state index contributed by atoms with van der Waals surface area (Å²) < 4.78 is 8.57. The molecule has 2 aliphatic rings. The molecule has 3 aromatic rings. The van der Waals surface area contributed by atoms with E-state index in [1.807, 2.05) is 24.4 Å². The van der Waals surface area contributed by atoms with Crippen molar-refractivity contribution in [1.82, 2.24) is 14.8 Å². The predicted molar refractivity (Wildman–Crippen MR) is 121 cm³/mol. The van der Waals surface area contributed by atoms with Crippen LogP contribution in [0.4, 0.5) is 5.13 Å². The van der Waals surface area contributed by atoms with Crippen molar-refractivity contribution < 1.29 is 9.53 Å². The summed E-state index contributed by atoms with van der Waals surface area (Å²) in [5.41, 5.74) is 3.72. The maximum absolute atomic E-state index is 10.2. The van der Waals surface area contributed by atoms with Crippen LogP contribution in [-0.4, -0.2) is 35.2 Å². The molecule has 0 bridgehead atoms. The van der Waals surface area contributed by atoms with E-state index in [9.17, 15) is 4.79 Å². The maximum atomic E-state index is 10.2. The third-order valence-electron chi connectivity index (χ3n) is 5.98. The quantitative estimate of drug-likeness (QED) is 0.546. The molecule has 7 heteroatoms. The van der Waals surface area contributed by atoms with Gasteiger partial charge < -0.3 is 14.4 Å². The van der Waals surface area contributed by atoms with Gasteiger partial charge in [0.05, 0.1) is 23.5 Å². The number of hydrogen-bond acceptors (Lipinski definition) is 6. The number of hydrogen-bond donors (Lipinski definition) is 0. The minimum Gasteiger partial charge on any atom is -0.497 e. The monoisotopic (exact) mass is 426 g/mol. The number of nitrogens with zero attached hydrogens (tertiary/aromatic N) is 4. The lowest BCUT2D eigenvalue weighted by atomic mass is 9.91. The highest BCUT2D eigenvalue weighted by molar-refractivity contribution is 7.22. The third kappa shape index (κ3) is 4.67. The van der Waals surface area contributed by atoms with Gasteiger partial charge in [-0.1, -0.05) is 30.6 Å². The zero-order valence-electron chi connectivity index (χ0n) is 17.8. The Morgan fingerprint density at radius 2 is 2.10 bits per heavy atom. The van der Waals surface area contributed by atoms with E-state index < -0.39 is 0 Å². The van der Waals surface area contributed by atoms with Crippen molar-refractivity contribution in [3.8, 4) is 5.75 Å². The summed E-state index contributed by atoms with van der Waals surface area (Å²) in [7, 11) is 3.78. The Hall–Kier alpha value is -2.41. The zero-order valence-corrected chi connectivity index (χ0v) is 18.7. The molecule has 160 valence electrons. The lowest BCUT2D eigenvalue weighted by Gasteiger charge is -2.15. The fourth-order valence-corrected chi connectivity index (χ4v) is 5.19. The highest BCUT2D eigenvalue weighted by atomic mass is 32.1. The smallest absolute Gasteiger partial charge is 0.186 e. The molecule has 0 saturated heterocycles. The summed E-state index contributed by atoms with van der Waals surface area (Å²) >= 11 is 1.70. The molecule has 30 heavy (non-hydrogen) atoms. The number of carbonyl (C=O) groups is 1. The second kappa shape index (κ2) is 9.60. The Morgan fingerprint density at radius 3 is 2.83 bits per heavy atom. The van der Waals surface area contributed by atoms with Crippen LogP contribution in [0, 0.1) is 5.92 Å². The van der Waals surface area contributed by atoms with Crippen LogP contribution in [-0.2, 0) is 24.3 Å². The Labute approximate surface area is 181 Å². The van der Waals surface area contributed by atoms with E-state index in [1.165, 1.54) is 36.9 Å². The number of rotatable bonds is 5. The van der Waals surface area contributed by atoms with Gasteiger partial charge in [0.15, 0.2) is 5.13 Å². The number of ether oxygens (including phenoxy) is 1. The summed E-state index contributed by atoms with van der Waals surface area (Å²) in [6.07, 6.45) is 11.6. The molecule has 6 nitrogen and oxygen atoms in total. The normalized spacial score (nSPS) is 16.1. The third-order valence-corrected chi connectivity index (χ3v) is 7.11. The largest absolute Gasteiger partial charge is 0.497 e. The van der Waals surface area contributed by atoms with Crippen molar-refractivity contribution in [3.63, 3.8) is 0 Å². The Balaban J connectivity index is 0.000000230. The van der Waals surface area contributed by atoms with E-state index in [2.05, 4.69) is 21.7 Å². The molecular formula is C23H30N4O2S. The van der Waals surface area contributed by atoms with Crippen LogP contribution in [0.15, 0.2) is 24.4 Å². The molecule has 1 aromatic carbocycles. The highest BCUT2D eigenvalue weighted by Crippen LogP contribution is 2.32. The SMILES string of the molecule is COc1ccc2nc(N(C)Cc3cnn4c3CCC4)sc2c1.O=CC1CCCCC1. The van der Waals surface area contributed by atoms with Crippen LogP contribution >= 0.6 is 11.3 Å². The minimum absolute atomic E-state index is 0.406. The first-order valence-electron chi connectivity index (χ1n) is 10.8. The Kier molecular flexibility index (Phi) is 6.67. The number of carbonyl (C=O) groups excluding carboxylic acids is 1. The fraction of sp³-hybridized carbons (Fsp3) is 0.522. The first-order valence-corrected chi connectivity index (χ1v) is 11.6. The molecule has 0 amide bonds. The summed E-state index contributed by atoms with van der Waals surface area (Å²) in [4.78, 5) is 17.1. The van der Waals surface area contributed by atoms with Gasteiger partial charge in [-0.25, -0.2) is 4.98 Å². The Bertz CT molecular complexity index is 990. The number of anilines is 1. The summed E-state index contributed by atoms with van der Waals surface area (Å²) in [5, 5.41) is 5.49. The molecule has 1 aliphatic heterocycles. The minimum atomic E-state index is 0.406. The molecule has 5 rings (SSSR count). The van der Waals surface area contributed by atoms with Crippen molar-refractivity contribution in [2.75, 3.05) is 19.1 Å². The van der Waals surface area contributed by atoms with Gasteiger partial charge >= 0.3 is 0 Å². The molecule has 0 radical (unpaired) electrons. The van der Waals surface area contributed by atoms with Gasteiger partial charge in [-0.15, -0.1) is 0 Å². The van der Waals surface area contributed by atoms with Gasteiger partial charge in [0.1, 0.15) is 12.0 Å². The lowest BCUT2D eigenvalue weighted by Crippen LogP contribution is -2.16. The first kappa shape index (κ1) is 20.8. The zero-order chi connectivity index (χ0) is 20.9. The van der Waals surface area contributed by atoms with Gasteiger partial charge in [0.2, 0.25) is 0 Å². The number of thiazole rings is 1. The number of methoxy groups -OCH3 is 1. The van der Waals surface area contributed by atoms with Crippen LogP contribution in [0.2, 0.25) is 0 Å². The molecule has 0 atom stereocenters. The molecule has 1 saturated carbocycles. The van der Waals surface area contributed by atoms with Gasteiger partial charge in [0, 0.05) is 37.3 Å². The van der Waals surface area contributed by atoms with E-state index in [4.69, 9.17) is 9.72 Å². The topological polar surface area (TPSA) is 60.2 Å². The number of aryl methyl sites for hydroxylation is 1. The maximum Gasteiger partial charge on any atom is 0.186 e. The molecule has 1 fully saturated rings. The van der Waals surface area contributed by atoms with Crippen LogP contribution in [0.25, 0.3) is 10.2 Å². The second-order valence-corrected chi connectivity index (χ2v) is 9.17. The van der Waals surface area contributed by atoms with E-state index in [0.717, 1.165) is 59.7 Å². The molecule has 1 aliphatic carbocycles. The van der Waals surface area contributed by atoms with Gasteiger partial charge in [0.25, 0.3) is 0 Å². The van der Waals surface area contributed by atoms with Crippen LogP contribution < -0.4 is 9.64 Å². The molecule has 0 N–H and O–H groups in total. The van der Waals surface area contributed by atoms with Crippen molar-refractivity contribution in [3.05, 3.63) is 35.7 Å². The van der Waals surface area contributed by atoms with Crippen molar-refractivity contribution in [2.24, 2.45) is 5.92 Å². The van der Waals surface area contributed by atoms with E-state index >= 15 is 0 Å². The van der Waals surface area contributed by atoms with E-state index in [1.54, 1.807) is 18.4 Å². The average molecular weight is 427 g/mol. The standard InChI is InChI=1S/C16H18N4OS.C7H12O/c1-19(10-11-9-17-20-7-3-4-14(11)20)16-18-13-6-5-12(21-2)8-15(13)22-16;8-6-7-4-2-1-3-5-7/h5-6,8-9H,3-4,7,10H2,1-2H3;6-7H,1-5H2. The van der Waals surface area contributed by atoms with Gasteiger partial charge in [-0.3, -0.25) is 4.68 Å². The number of benzene rings is 1. The number of fused-ring (bicyclic) bond motifs is 2. The fourth-order valence-electron chi connectivity index (χ4n) is 4.24. The molecular weight excluding hydrogens is 396 g/mol. The molecule has 2 aromatic heterocycles. The van der Waals surface area contributed by atoms with E-state index in [-0.39, 0.29) is 0 Å². The van der Waals surface area contributed by atoms with Crippen LogP contribution in [0.1, 0.15) is 49.8 Å². The predicted octanol–water partition coefficient (Wildman–Crippen LogP) is 4.85. The Morgan fingerprint density at radius 1 is 1.27 bits per heavy atom. The summed E-state index contributed by atoms with van der Waals surface area (Å²) in [5.74, 6) is 1.28.